The van der Waals surface area contributed by atoms with Crippen LogP contribution in [-0.4, -0.2) is 50.9 Å². The summed E-state index contributed by atoms with van der Waals surface area (Å²) in [6.07, 6.45) is 0. The smallest absolute Gasteiger partial charge is 0.254 e. The van der Waals surface area contributed by atoms with Crippen LogP contribution >= 0.6 is 0 Å². The van der Waals surface area contributed by atoms with Crippen molar-refractivity contribution < 1.29 is 19.0 Å². The lowest BCUT2D eigenvalue weighted by Gasteiger charge is -2.61. The molecule has 1 spiro atoms. The molecule has 5 rings (SSSR count). The first kappa shape index (κ1) is 15.4. The van der Waals surface area contributed by atoms with Crippen molar-refractivity contribution in [2.24, 2.45) is 5.41 Å². The zero-order valence-electron chi connectivity index (χ0n) is 14.6. The van der Waals surface area contributed by atoms with Gasteiger partial charge in [-0.05, 0) is 42.5 Å². The molecule has 26 heavy (non-hydrogen) atoms. The van der Waals surface area contributed by atoms with E-state index in [1.165, 1.54) is 5.69 Å². The van der Waals surface area contributed by atoms with E-state index < -0.39 is 0 Å². The van der Waals surface area contributed by atoms with E-state index in [2.05, 4.69) is 17.0 Å². The third-order valence-corrected chi connectivity index (χ3v) is 5.45. The molecule has 0 unspecified atom stereocenters. The van der Waals surface area contributed by atoms with Crippen LogP contribution in [0.1, 0.15) is 10.4 Å². The van der Waals surface area contributed by atoms with Gasteiger partial charge in [-0.2, -0.15) is 0 Å². The third-order valence-electron chi connectivity index (χ3n) is 5.45. The lowest BCUT2D eigenvalue weighted by Crippen LogP contribution is -2.73. The van der Waals surface area contributed by atoms with Crippen LogP contribution in [0, 0.1) is 5.41 Å². The molecule has 0 atom stereocenters. The zero-order valence-corrected chi connectivity index (χ0v) is 14.6. The molecule has 2 saturated heterocycles. The van der Waals surface area contributed by atoms with Crippen LogP contribution in [-0.2, 0) is 0 Å². The van der Waals surface area contributed by atoms with E-state index in [1.54, 1.807) is 19.2 Å². The molecular weight excluding hydrogens is 332 g/mol. The summed E-state index contributed by atoms with van der Waals surface area (Å²) in [7, 11) is 1.67. The number of likely N-dealkylation sites (tertiary alicyclic amines) is 1. The Bertz CT molecular complexity index is 851. The lowest BCUT2D eigenvalue weighted by atomic mass is 9.72. The minimum atomic E-state index is 0.0665. The van der Waals surface area contributed by atoms with Crippen LogP contribution in [0.25, 0.3) is 0 Å². The van der Waals surface area contributed by atoms with Crippen LogP contribution in [0.15, 0.2) is 42.5 Å². The van der Waals surface area contributed by atoms with Crippen LogP contribution in [0.2, 0.25) is 0 Å². The summed E-state index contributed by atoms with van der Waals surface area (Å²) in [6, 6.07) is 13.5. The lowest BCUT2D eigenvalue weighted by molar-refractivity contribution is -0.0105. The standard InChI is InChI=1S/C20H20N2O4/c1-24-16-5-3-15(4-6-16)21-9-20(10-21)11-22(12-20)19(23)14-2-7-17-18(8-14)26-13-25-17/h2-8H,9-13H2,1H3. The molecule has 3 aliphatic heterocycles. The Balaban J connectivity index is 1.19. The Morgan fingerprint density at radius 2 is 1.73 bits per heavy atom. The predicted molar refractivity (Wildman–Crippen MR) is 96.1 cm³/mol. The van der Waals surface area contributed by atoms with Gasteiger partial charge in [0.15, 0.2) is 11.5 Å². The van der Waals surface area contributed by atoms with Gasteiger partial charge in [-0.25, -0.2) is 0 Å². The molecule has 1 amide bonds. The Morgan fingerprint density at radius 1 is 1.00 bits per heavy atom. The van der Waals surface area contributed by atoms with Crippen molar-refractivity contribution in [2.75, 3.05) is 45.0 Å². The summed E-state index contributed by atoms with van der Waals surface area (Å²) < 4.78 is 15.9. The quantitative estimate of drug-likeness (QED) is 0.849. The van der Waals surface area contributed by atoms with Gasteiger partial charge in [-0.1, -0.05) is 0 Å². The number of hydrogen-bond donors (Lipinski definition) is 0. The predicted octanol–water partition coefficient (Wildman–Crippen LogP) is 2.39. The fourth-order valence-corrected chi connectivity index (χ4v) is 4.06. The SMILES string of the molecule is COc1ccc(N2CC3(CN(C(=O)c4ccc5c(c4)OCO5)C3)C2)cc1. The van der Waals surface area contributed by atoms with Crippen LogP contribution in [0.4, 0.5) is 5.69 Å². The van der Waals surface area contributed by atoms with E-state index in [9.17, 15) is 4.79 Å². The topological polar surface area (TPSA) is 51.2 Å². The molecule has 134 valence electrons. The number of methoxy groups -OCH3 is 1. The molecule has 2 aromatic carbocycles. The number of fused-ring (bicyclic) bond motifs is 1. The van der Waals surface area contributed by atoms with E-state index in [-0.39, 0.29) is 18.1 Å². The van der Waals surface area contributed by atoms with Crippen LogP contribution in [0.5, 0.6) is 17.2 Å². The van der Waals surface area contributed by atoms with Gasteiger partial charge in [-0.3, -0.25) is 4.79 Å². The number of nitrogens with zero attached hydrogens (tertiary/aromatic N) is 2. The molecule has 3 aliphatic rings. The third kappa shape index (κ3) is 2.36. The van der Waals surface area contributed by atoms with Crippen molar-refractivity contribution in [3.05, 3.63) is 48.0 Å². The zero-order chi connectivity index (χ0) is 17.7. The first-order valence-electron chi connectivity index (χ1n) is 8.74. The molecule has 0 aliphatic carbocycles. The highest BCUT2D eigenvalue weighted by Gasteiger charge is 2.53. The molecule has 0 saturated carbocycles. The number of hydrogen-bond acceptors (Lipinski definition) is 5. The summed E-state index contributed by atoms with van der Waals surface area (Å²) >= 11 is 0. The van der Waals surface area contributed by atoms with E-state index in [0.29, 0.717) is 17.1 Å². The Kier molecular flexibility index (Phi) is 3.29. The van der Waals surface area contributed by atoms with E-state index in [0.717, 1.165) is 31.9 Å². The summed E-state index contributed by atoms with van der Waals surface area (Å²) in [4.78, 5) is 16.9. The van der Waals surface area contributed by atoms with Gasteiger partial charge >= 0.3 is 0 Å². The molecule has 3 heterocycles. The number of amides is 1. The number of carbonyl (C=O) groups excluding carboxylic acids is 1. The Labute approximate surface area is 151 Å². The minimum Gasteiger partial charge on any atom is -0.497 e. The average Bonchev–Trinajstić information content (AvgIpc) is 3.07. The van der Waals surface area contributed by atoms with Crippen molar-refractivity contribution in [2.45, 2.75) is 0 Å². The van der Waals surface area contributed by atoms with Crippen molar-refractivity contribution in [1.82, 2.24) is 4.90 Å². The van der Waals surface area contributed by atoms with Crippen molar-refractivity contribution in [1.29, 1.82) is 0 Å². The number of benzene rings is 2. The van der Waals surface area contributed by atoms with E-state index >= 15 is 0 Å². The first-order chi connectivity index (χ1) is 12.7. The molecule has 6 nitrogen and oxygen atoms in total. The largest absolute Gasteiger partial charge is 0.497 e. The van der Waals surface area contributed by atoms with Crippen molar-refractivity contribution in [3.63, 3.8) is 0 Å². The van der Waals surface area contributed by atoms with Gasteiger partial charge in [0.2, 0.25) is 6.79 Å². The van der Waals surface area contributed by atoms with Gasteiger partial charge in [0.25, 0.3) is 5.91 Å². The minimum absolute atomic E-state index is 0.0665. The van der Waals surface area contributed by atoms with Crippen LogP contribution in [0.3, 0.4) is 0 Å². The van der Waals surface area contributed by atoms with Gasteiger partial charge in [0.05, 0.1) is 7.11 Å². The Morgan fingerprint density at radius 3 is 2.46 bits per heavy atom. The second-order valence-electron chi connectivity index (χ2n) is 7.28. The Hall–Kier alpha value is -2.89. The highest BCUT2D eigenvalue weighted by atomic mass is 16.7. The highest BCUT2D eigenvalue weighted by Crippen LogP contribution is 2.43. The normalized spacial score (nSPS) is 19.1. The molecule has 0 aromatic heterocycles. The summed E-state index contributed by atoms with van der Waals surface area (Å²) in [6.45, 7) is 3.83. The number of rotatable bonds is 3. The molecule has 0 N–H and O–H groups in total. The molecule has 6 heteroatoms. The van der Waals surface area contributed by atoms with Gasteiger partial charge in [-0.15, -0.1) is 0 Å². The monoisotopic (exact) mass is 352 g/mol. The van der Waals surface area contributed by atoms with E-state index in [4.69, 9.17) is 14.2 Å². The number of anilines is 1. The first-order valence-corrected chi connectivity index (χ1v) is 8.74. The number of ether oxygens (including phenoxy) is 3. The highest BCUT2D eigenvalue weighted by molar-refractivity contribution is 5.95. The fraction of sp³-hybridized carbons (Fsp3) is 0.350. The summed E-state index contributed by atoms with van der Waals surface area (Å²) in [5.74, 6) is 2.29. The molecule has 2 aromatic rings. The second-order valence-corrected chi connectivity index (χ2v) is 7.28. The van der Waals surface area contributed by atoms with Gasteiger partial charge in [0.1, 0.15) is 5.75 Å². The second kappa shape index (κ2) is 5.56. The molecular formula is C20H20N2O4. The fourth-order valence-electron chi connectivity index (χ4n) is 4.06. The van der Waals surface area contributed by atoms with E-state index in [1.807, 2.05) is 23.1 Å². The average molecular weight is 352 g/mol. The molecule has 2 fully saturated rings. The molecule has 0 bridgehead atoms. The van der Waals surface area contributed by atoms with Crippen molar-refractivity contribution >= 4 is 11.6 Å². The van der Waals surface area contributed by atoms with Crippen LogP contribution < -0.4 is 19.1 Å². The summed E-state index contributed by atoms with van der Waals surface area (Å²) in [5, 5.41) is 0. The summed E-state index contributed by atoms with van der Waals surface area (Å²) in [5.41, 5.74) is 2.11. The van der Waals surface area contributed by atoms with Gasteiger partial charge in [0, 0.05) is 42.8 Å². The maximum Gasteiger partial charge on any atom is 0.254 e. The van der Waals surface area contributed by atoms with Gasteiger partial charge < -0.3 is 24.0 Å². The maximum absolute atomic E-state index is 12.7. The van der Waals surface area contributed by atoms with Crippen molar-refractivity contribution in [3.8, 4) is 17.2 Å². The number of carbonyl (C=O) groups is 1. The molecule has 0 radical (unpaired) electrons. The maximum atomic E-state index is 12.7.